The number of amides is 1. The molecular weight excluding hydrogens is 258 g/mol. The molecule has 19 heavy (non-hydrogen) atoms. The summed E-state index contributed by atoms with van der Waals surface area (Å²) < 4.78 is 5.52. The van der Waals surface area contributed by atoms with E-state index in [1.807, 2.05) is 29.6 Å². The molecule has 0 saturated heterocycles. The van der Waals surface area contributed by atoms with Gasteiger partial charge in [0.2, 0.25) is 0 Å². The summed E-state index contributed by atoms with van der Waals surface area (Å²) in [4.78, 5) is 13.1. The molecule has 1 aromatic carbocycles. The van der Waals surface area contributed by atoms with Gasteiger partial charge >= 0.3 is 0 Å². The second-order valence-corrected chi connectivity index (χ2v) is 5.17. The third-order valence-corrected chi connectivity index (χ3v) is 3.45. The Kier molecular flexibility index (Phi) is 4.98. The molecule has 0 spiro atoms. The standard InChI is InChI=1S/C15H17NO2S/c1-2-8-18-13-6-3-5-12(10-13)15(17)16-11-14-7-4-9-19-14/h3-7,9-10H,2,8,11H2,1H3,(H,16,17). The first-order valence-corrected chi connectivity index (χ1v) is 7.21. The Morgan fingerprint density at radius 1 is 1.32 bits per heavy atom. The second-order valence-electron chi connectivity index (χ2n) is 4.14. The Morgan fingerprint density at radius 2 is 2.21 bits per heavy atom. The van der Waals surface area contributed by atoms with Crippen LogP contribution >= 0.6 is 11.3 Å². The van der Waals surface area contributed by atoms with Crippen molar-refractivity contribution in [1.29, 1.82) is 0 Å². The first kappa shape index (κ1) is 13.6. The fraction of sp³-hybridized carbons (Fsp3) is 0.267. The van der Waals surface area contributed by atoms with Gasteiger partial charge in [-0.2, -0.15) is 0 Å². The number of hydrogen-bond donors (Lipinski definition) is 1. The van der Waals surface area contributed by atoms with Crippen LogP contribution in [0.2, 0.25) is 0 Å². The molecule has 1 heterocycles. The monoisotopic (exact) mass is 275 g/mol. The summed E-state index contributed by atoms with van der Waals surface area (Å²) in [6.07, 6.45) is 0.953. The average molecular weight is 275 g/mol. The highest BCUT2D eigenvalue weighted by atomic mass is 32.1. The topological polar surface area (TPSA) is 38.3 Å². The van der Waals surface area contributed by atoms with E-state index in [4.69, 9.17) is 4.74 Å². The minimum absolute atomic E-state index is 0.0738. The fourth-order valence-electron chi connectivity index (χ4n) is 1.63. The molecule has 3 nitrogen and oxygen atoms in total. The van der Waals surface area contributed by atoms with E-state index < -0.39 is 0 Å². The van der Waals surface area contributed by atoms with Crippen LogP contribution in [0.3, 0.4) is 0 Å². The summed E-state index contributed by atoms with van der Waals surface area (Å²) in [5, 5.41) is 4.90. The highest BCUT2D eigenvalue weighted by molar-refractivity contribution is 7.09. The molecule has 0 bridgehead atoms. The Labute approximate surface area is 117 Å². The van der Waals surface area contributed by atoms with Crippen LogP contribution in [0.1, 0.15) is 28.6 Å². The van der Waals surface area contributed by atoms with Crippen LogP contribution in [-0.2, 0) is 6.54 Å². The third-order valence-electron chi connectivity index (χ3n) is 2.57. The number of nitrogens with one attached hydrogen (secondary N) is 1. The molecule has 2 rings (SSSR count). The fourth-order valence-corrected chi connectivity index (χ4v) is 2.27. The zero-order chi connectivity index (χ0) is 13.5. The maximum absolute atomic E-state index is 12.0. The Morgan fingerprint density at radius 3 is 2.95 bits per heavy atom. The Bertz CT molecular complexity index is 523. The highest BCUT2D eigenvalue weighted by Gasteiger charge is 2.06. The van der Waals surface area contributed by atoms with Crippen molar-refractivity contribution in [3.05, 3.63) is 52.2 Å². The first-order chi connectivity index (χ1) is 9.29. The summed E-state index contributed by atoms with van der Waals surface area (Å²) in [6.45, 7) is 3.29. The van der Waals surface area contributed by atoms with E-state index >= 15 is 0 Å². The number of hydrogen-bond acceptors (Lipinski definition) is 3. The highest BCUT2D eigenvalue weighted by Crippen LogP contribution is 2.14. The minimum Gasteiger partial charge on any atom is -0.494 e. The smallest absolute Gasteiger partial charge is 0.251 e. The largest absolute Gasteiger partial charge is 0.494 e. The molecule has 0 radical (unpaired) electrons. The van der Waals surface area contributed by atoms with Gasteiger partial charge in [-0.3, -0.25) is 4.79 Å². The second kappa shape index (κ2) is 6.95. The number of benzene rings is 1. The van der Waals surface area contributed by atoms with Crippen molar-refractivity contribution in [2.75, 3.05) is 6.61 Å². The molecule has 0 unspecified atom stereocenters. The molecule has 0 aliphatic heterocycles. The van der Waals surface area contributed by atoms with Gasteiger partial charge in [0.15, 0.2) is 0 Å². The zero-order valence-electron chi connectivity index (χ0n) is 10.9. The maximum Gasteiger partial charge on any atom is 0.251 e. The van der Waals surface area contributed by atoms with E-state index in [2.05, 4.69) is 12.2 Å². The molecule has 1 amide bonds. The summed E-state index contributed by atoms with van der Waals surface area (Å²) >= 11 is 1.63. The van der Waals surface area contributed by atoms with Crippen LogP contribution in [0.25, 0.3) is 0 Å². The van der Waals surface area contributed by atoms with Crippen molar-refractivity contribution in [1.82, 2.24) is 5.32 Å². The van der Waals surface area contributed by atoms with Gasteiger partial charge in [0, 0.05) is 10.4 Å². The molecular formula is C15H17NO2S. The molecule has 1 N–H and O–H groups in total. The van der Waals surface area contributed by atoms with Crippen molar-refractivity contribution in [3.8, 4) is 5.75 Å². The van der Waals surface area contributed by atoms with Gasteiger partial charge < -0.3 is 10.1 Å². The van der Waals surface area contributed by atoms with Crippen LogP contribution in [0.15, 0.2) is 41.8 Å². The summed E-state index contributed by atoms with van der Waals surface area (Å²) in [5.74, 6) is 0.668. The van der Waals surface area contributed by atoms with Crippen molar-refractivity contribution in [2.45, 2.75) is 19.9 Å². The predicted molar refractivity (Wildman–Crippen MR) is 77.7 cm³/mol. The lowest BCUT2D eigenvalue weighted by molar-refractivity contribution is 0.0951. The molecule has 1 aromatic heterocycles. The van der Waals surface area contributed by atoms with E-state index in [-0.39, 0.29) is 5.91 Å². The molecule has 0 fully saturated rings. The normalized spacial score (nSPS) is 10.2. The van der Waals surface area contributed by atoms with Crippen molar-refractivity contribution >= 4 is 17.2 Å². The van der Waals surface area contributed by atoms with Crippen LogP contribution in [0.5, 0.6) is 5.75 Å². The number of rotatable bonds is 6. The molecule has 100 valence electrons. The Balaban J connectivity index is 1.94. The number of carbonyl (C=O) groups excluding carboxylic acids is 1. The zero-order valence-corrected chi connectivity index (χ0v) is 11.7. The van der Waals surface area contributed by atoms with E-state index in [0.29, 0.717) is 18.7 Å². The summed E-state index contributed by atoms with van der Waals surface area (Å²) in [7, 11) is 0. The third kappa shape index (κ3) is 4.10. The molecule has 0 atom stereocenters. The lowest BCUT2D eigenvalue weighted by Crippen LogP contribution is -2.22. The van der Waals surface area contributed by atoms with Crippen LogP contribution in [-0.4, -0.2) is 12.5 Å². The molecule has 0 aliphatic carbocycles. The predicted octanol–water partition coefficient (Wildman–Crippen LogP) is 3.47. The van der Waals surface area contributed by atoms with Gasteiger partial charge in [-0.25, -0.2) is 0 Å². The van der Waals surface area contributed by atoms with Gasteiger partial charge in [-0.1, -0.05) is 19.1 Å². The maximum atomic E-state index is 12.0. The van der Waals surface area contributed by atoms with Gasteiger partial charge in [0.05, 0.1) is 13.2 Å². The van der Waals surface area contributed by atoms with Crippen molar-refractivity contribution < 1.29 is 9.53 Å². The SMILES string of the molecule is CCCOc1cccc(C(=O)NCc2cccs2)c1. The van der Waals surface area contributed by atoms with E-state index in [0.717, 1.165) is 17.0 Å². The van der Waals surface area contributed by atoms with Crippen molar-refractivity contribution in [3.63, 3.8) is 0 Å². The lowest BCUT2D eigenvalue weighted by Gasteiger charge is -2.07. The summed E-state index contributed by atoms with van der Waals surface area (Å²) in [6, 6.07) is 11.3. The van der Waals surface area contributed by atoms with Gasteiger partial charge in [0.1, 0.15) is 5.75 Å². The summed E-state index contributed by atoms with van der Waals surface area (Å²) in [5.41, 5.74) is 0.630. The molecule has 2 aromatic rings. The molecule has 0 saturated carbocycles. The Hall–Kier alpha value is -1.81. The lowest BCUT2D eigenvalue weighted by atomic mass is 10.2. The van der Waals surface area contributed by atoms with Gasteiger partial charge in [0.25, 0.3) is 5.91 Å². The number of ether oxygens (including phenoxy) is 1. The minimum atomic E-state index is -0.0738. The molecule has 0 aliphatic rings. The van der Waals surface area contributed by atoms with Crippen LogP contribution < -0.4 is 10.1 Å². The quantitative estimate of drug-likeness (QED) is 0.876. The van der Waals surface area contributed by atoms with Gasteiger partial charge in [-0.15, -0.1) is 11.3 Å². The number of carbonyl (C=O) groups is 1. The van der Waals surface area contributed by atoms with Crippen molar-refractivity contribution in [2.24, 2.45) is 0 Å². The first-order valence-electron chi connectivity index (χ1n) is 6.33. The average Bonchev–Trinajstić information content (AvgIpc) is 2.96. The van der Waals surface area contributed by atoms with E-state index in [1.54, 1.807) is 23.5 Å². The molecule has 4 heteroatoms. The van der Waals surface area contributed by atoms with E-state index in [1.165, 1.54) is 0 Å². The van der Waals surface area contributed by atoms with Crippen LogP contribution in [0.4, 0.5) is 0 Å². The van der Waals surface area contributed by atoms with E-state index in [9.17, 15) is 4.79 Å². The van der Waals surface area contributed by atoms with Gasteiger partial charge in [-0.05, 0) is 36.1 Å². The van der Waals surface area contributed by atoms with Crippen LogP contribution in [0, 0.1) is 0 Å². The number of thiophene rings is 1.